The number of benzene rings is 2. The Hall–Kier alpha value is -1.65. The SMILES string of the molecule is CCc1ccc(S(=O)(=O)N2CCc3ccccc3C2)cc1. The Balaban J connectivity index is 1.89. The summed E-state index contributed by atoms with van der Waals surface area (Å²) in [5, 5.41) is 0. The van der Waals surface area contributed by atoms with Crippen molar-refractivity contribution in [2.75, 3.05) is 6.54 Å². The van der Waals surface area contributed by atoms with Crippen LogP contribution in [0.15, 0.2) is 53.4 Å². The van der Waals surface area contributed by atoms with Crippen molar-refractivity contribution in [3.8, 4) is 0 Å². The molecule has 0 aromatic heterocycles. The Morgan fingerprint density at radius 3 is 2.33 bits per heavy atom. The summed E-state index contributed by atoms with van der Waals surface area (Å²) in [6, 6.07) is 15.3. The van der Waals surface area contributed by atoms with Crippen molar-refractivity contribution in [2.24, 2.45) is 0 Å². The van der Waals surface area contributed by atoms with E-state index in [4.69, 9.17) is 0 Å². The van der Waals surface area contributed by atoms with E-state index in [9.17, 15) is 8.42 Å². The Morgan fingerprint density at radius 2 is 1.67 bits per heavy atom. The molecular weight excluding hydrogens is 282 g/mol. The van der Waals surface area contributed by atoms with Gasteiger partial charge in [0.15, 0.2) is 0 Å². The monoisotopic (exact) mass is 301 g/mol. The average molecular weight is 301 g/mol. The summed E-state index contributed by atoms with van der Waals surface area (Å²) >= 11 is 0. The summed E-state index contributed by atoms with van der Waals surface area (Å²) in [5.41, 5.74) is 3.51. The first-order valence-corrected chi connectivity index (χ1v) is 8.71. The second-order valence-corrected chi connectivity index (χ2v) is 7.29. The predicted octanol–water partition coefficient (Wildman–Crippen LogP) is 3.00. The lowest BCUT2D eigenvalue weighted by molar-refractivity contribution is 0.391. The third-order valence-corrected chi connectivity index (χ3v) is 5.92. The molecule has 0 saturated carbocycles. The van der Waals surface area contributed by atoms with Gasteiger partial charge in [-0.2, -0.15) is 4.31 Å². The lowest BCUT2D eigenvalue weighted by Crippen LogP contribution is -2.35. The smallest absolute Gasteiger partial charge is 0.207 e. The van der Waals surface area contributed by atoms with Gasteiger partial charge in [0, 0.05) is 13.1 Å². The highest BCUT2D eigenvalue weighted by molar-refractivity contribution is 7.89. The fourth-order valence-electron chi connectivity index (χ4n) is 2.72. The standard InChI is InChI=1S/C17H19NO2S/c1-2-14-7-9-17(10-8-14)21(19,20)18-12-11-15-5-3-4-6-16(15)13-18/h3-10H,2,11-13H2,1H3. The molecule has 4 heteroatoms. The molecule has 1 heterocycles. The lowest BCUT2D eigenvalue weighted by atomic mass is 10.0. The van der Waals surface area contributed by atoms with Crippen LogP contribution in [-0.2, 0) is 29.4 Å². The minimum Gasteiger partial charge on any atom is -0.207 e. The fraction of sp³-hybridized carbons (Fsp3) is 0.294. The molecule has 0 amide bonds. The second kappa shape index (κ2) is 5.62. The van der Waals surface area contributed by atoms with Gasteiger partial charge in [-0.25, -0.2) is 8.42 Å². The predicted molar refractivity (Wildman–Crippen MR) is 83.6 cm³/mol. The van der Waals surface area contributed by atoms with Crippen LogP contribution >= 0.6 is 0 Å². The number of aryl methyl sites for hydroxylation is 1. The van der Waals surface area contributed by atoms with E-state index in [-0.39, 0.29) is 0 Å². The van der Waals surface area contributed by atoms with Gasteiger partial charge in [-0.05, 0) is 41.7 Å². The van der Waals surface area contributed by atoms with Crippen LogP contribution in [0.4, 0.5) is 0 Å². The van der Waals surface area contributed by atoms with Crippen molar-refractivity contribution in [1.82, 2.24) is 4.31 Å². The molecule has 2 aromatic rings. The van der Waals surface area contributed by atoms with Gasteiger partial charge in [-0.3, -0.25) is 0 Å². The molecule has 0 unspecified atom stereocenters. The summed E-state index contributed by atoms with van der Waals surface area (Å²) in [7, 11) is -3.40. The number of rotatable bonds is 3. The Kier molecular flexibility index (Phi) is 3.83. The highest BCUT2D eigenvalue weighted by Gasteiger charge is 2.27. The van der Waals surface area contributed by atoms with Gasteiger partial charge in [-0.15, -0.1) is 0 Å². The van der Waals surface area contributed by atoms with Gasteiger partial charge in [0.05, 0.1) is 4.90 Å². The molecule has 2 aromatic carbocycles. The maximum Gasteiger partial charge on any atom is 0.243 e. The van der Waals surface area contributed by atoms with Gasteiger partial charge in [0.25, 0.3) is 0 Å². The van der Waals surface area contributed by atoms with E-state index in [2.05, 4.69) is 13.0 Å². The maximum atomic E-state index is 12.7. The maximum absolute atomic E-state index is 12.7. The third-order valence-electron chi connectivity index (χ3n) is 4.07. The van der Waals surface area contributed by atoms with Crippen LogP contribution in [0.25, 0.3) is 0 Å². The van der Waals surface area contributed by atoms with Crippen molar-refractivity contribution in [2.45, 2.75) is 31.2 Å². The molecule has 0 radical (unpaired) electrons. The van der Waals surface area contributed by atoms with Crippen molar-refractivity contribution in [3.05, 3.63) is 65.2 Å². The quantitative estimate of drug-likeness (QED) is 0.874. The first-order valence-electron chi connectivity index (χ1n) is 7.27. The van der Waals surface area contributed by atoms with E-state index in [0.717, 1.165) is 24.0 Å². The van der Waals surface area contributed by atoms with Crippen molar-refractivity contribution < 1.29 is 8.42 Å². The number of hydrogen-bond acceptors (Lipinski definition) is 2. The topological polar surface area (TPSA) is 37.4 Å². The zero-order valence-electron chi connectivity index (χ0n) is 12.1. The van der Waals surface area contributed by atoms with Crippen LogP contribution in [0.2, 0.25) is 0 Å². The molecule has 0 atom stereocenters. The summed E-state index contributed by atoms with van der Waals surface area (Å²) in [6.45, 7) is 3.08. The zero-order valence-corrected chi connectivity index (χ0v) is 12.9. The molecule has 1 aliphatic heterocycles. The van der Waals surface area contributed by atoms with Crippen LogP contribution < -0.4 is 0 Å². The Bertz CT molecular complexity index is 736. The molecule has 21 heavy (non-hydrogen) atoms. The van der Waals surface area contributed by atoms with Crippen LogP contribution in [0.5, 0.6) is 0 Å². The van der Waals surface area contributed by atoms with Gasteiger partial charge in [0.1, 0.15) is 0 Å². The normalized spacial score (nSPS) is 15.7. The third kappa shape index (κ3) is 2.74. The molecule has 110 valence electrons. The molecule has 0 N–H and O–H groups in total. The first kappa shape index (κ1) is 14.3. The lowest BCUT2D eigenvalue weighted by Gasteiger charge is -2.28. The summed E-state index contributed by atoms with van der Waals surface area (Å²) < 4.78 is 27.0. The van der Waals surface area contributed by atoms with Gasteiger partial charge in [0.2, 0.25) is 10.0 Å². The highest BCUT2D eigenvalue weighted by atomic mass is 32.2. The number of sulfonamides is 1. The van der Waals surface area contributed by atoms with E-state index < -0.39 is 10.0 Å². The minimum atomic E-state index is -3.40. The highest BCUT2D eigenvalue weighted by Crippen LogP contribution is 2.25. The van der Waals surface area contributed by atoms with E-state index >= 15 is 0 Å². The molecule has 0 saturated heterocycles. The first-order chi connectivity index (χ1) is 10.1. The molecule has 0 spiro atoms. The van der Waals surface area contributed by atoms with Gasteiger partial charge in [-0.1, -0.05) is 43.3 Å². The molecule has 0 aliphatic carbocycles. The van der Waals surface area contributed by atoms with E-state index in [1.807, 2.05) is 30.3 Å². The molecule has 1 aliphatic rings. The second-order valence-electron chi connectivity index (χ2n) is 5.35. The number of fused-ring (bicyclic) bond motifs is 1. The van der Waals surface area contributed by atoms with E-state index in [1.165, 1.54) is 5.56 Å². The largest absolute Gasteiger partial charge is 0.243 e. The summed E-state index contributed by atoms with van der Waals surface area (Å²) in [6.07, 6.45) is 1.69. The Labute approximate surface area is 126 Å². The summed E-state index contributed by atoms with van der Waals surface area (Å²) in [4.78, 5) is 0.388. The molecular formula is C17H19NO2S. The van der Waals surface area contributed by atoms with Crippen LogP contribution in [0, 0.1) is 0 Å². The van der Waals surface area contributed by atoms with Crippen LogP contribution in [-0.4, -0.2) is 19.3 Å². The number of nitrogens with zero attached hydrogens (tertiary/aromatic N) is 1. The van der Waals surface area contributed by atoms with Gasteiger partial charge >= 0.3 is 0 Å². The summed E-state index contributed by atoms with van der Waals surface area (Å²) in [5.74, 6) is 0. The molecule has 3 rings (SSSR count). The van der Waals surface area contributed by atoms with Crippen molar-refractivity contribution in [3.63, 3.8) is 0 Å². The Morgan fingerprint density at radius 1 is 1.00 bits per heavy atom. The van der Waals surface area contributed by atoms with E-state index in [1.54, 1.807) is 16.4 Å². The van der Waals surface area contributed by atoms with Crippen LogP contribution in [0.3, 0.4) is 0 Å². The van der Waals surface area contributed by atoms with Crippen molar-refractivity contribution >= 4 is 10.0 Å². The van der Waals surface area contributed by atoms with Gasteiger partial charge < -0.3 is 0 Å². The number of hydrogen-bond donors (Lipinski definition) is 0. The molecule has 3 nitrogen and oxygen atoms in total. The molecule has 0 bridgehead atoms. The van der Waals surface area contributed by atoms with Crippen LogP contribution in [0.1, 0.15) is 23.6 Å². The van der Waals surface area contributed by atoms with E-state index in [0.29, 0.717) is 18.0 Å². The fourth-order valence-corrected chi connectivity index (χ4v) is 4.14. The van der Waals surface area contributed by atoms with Crippen molar-refractivity contribution in [1.29, 1.82) is 0 Å². The average Bonchev–Trinajstić information content (AvgIpc) is 2.54. The zero-order chi connectivity index (χ0) is 14.9. The molecule has 0 fully saturated rings. The minimum absolute atomic E-state index is 0.388.